The highest BCUT2D eigenvalue weighted by Gasteiger charge is 2.41. The summed E-state index contributed by atoms with van der Waals surface area (Å²) in [7, 11) is 1.54. The first-order valence-corrected chi connectivity index (χ1v) is 11.4. The van der Waals surface area contributed by atoms with E-state index in [0.29, 0.717) is 43.5 Å². The van der Waals surface area contributed by atoms with Gasteiger partial charge in [0.25, 0.3) is 0 Å². The zero-order valence-corrected chi connectivity index (χ0v) is 19.0. The van der Waals surface area contributed by atoms with Gasteiger partial charge in [0.1, 0.15) is 5.75 Å². The van der Waals surface area contributed by atoms with Crippen LogP contribution in [0.4, 0.5) is 13.2 Å². The third-order valence-corrected chi connectivity index (χ3v) is 6.91. The van der Waals surface area contributed by atoms with Gasteiger partial charge in [-0.05, 0) is 55.7 Å². The molecule has 184 valence electrons. The van der Waals surface area contributed by atoms with Gasteiger partial charge in [0.2, 0.25) is 5.91 Å². The van der Waals surface area contributed by atoms with E-state index in [-0.39, 0.29) is 49.4 Å². The average molecular weight is 479 g/mol. The van der Waals surface area contributed by atoms with Crippen molar-refractivity contribution in [3.8, 4) is 5.75 Å². The summed E-state index contributed by atoms with van der Waals surface area (Å²) >= 11 is 0. The second kappa shape index (κ2) is 9.68. The number of aromatic nitrogens is 2. The Labute approximate surface area is 195 Å². The Bertz CT molecular complexity index is 1040. The number of methoxy groups -OCH3 is 1. The number of carbonyl (C=O) groups excluding carboxylic acids is 1. The minimum Gasteiger partial charge on any atom is -0.497 e. The van der Waals surface area contributed by atoms with Crippen LogP contribution in [0.5, 0.6) is 5.75 Å². The number of nitrogens with zero attached hydrogens (tertiary/aromatic N) is 3. The number of hydrogen-bond acceptors (Lipinski definition) is 4. The number of aliphatic carboxylic acids is 1. The second-order valence-electron chi connectivity index (χ2n) is 9.10. The van der Waals surface area contributed by atoms with Gasteiger partial charge in [-0.3, -0.25) is 14.3 Å². The fourth-order valence-electron chi connectivity index (χ4n) is 4.95. The predicted octanol–water partition coefficient (Wildman–Crippen LogP) is 4.12. The summed E-state index contributed by atoms with van der Waals surface area (Å²) in [5.74, 6) is -0.484. The molecule has 0 saturated heterocycles. The van der Waals surface area contributed by atoms with Crippen molar-refractivity contribution in [3.05, 3.63) is 46.8 Å². The van der Waals surface area contributed by atoms with Crippen molar-refractivity contribution in [2.24, 2.45) is 11.8 Å². The molecule has 0 radical (unpaired) electrons. The number of carbonyl (C=O) groups is 2. The Morgan fingerprint density at radius 1 is 1.15 bits per heavy atom. The molecule has 0 unspecified atom stereocenters. The van der Waals surface area contributed by atoms with Crippen molar-refractivity contribution in [2.45, 2.75) is 57.8 Å². The van der Waals surface area contributed by atoms with Crippen LogP contribution in [0, 0.1) is 11.8 Å². The van der Waals surface area contributed by atoms with Crippen LogP contribution in [0.1, 0.15) is 54.6 Å². The first-order valence-electron chi connectivity index (χ1n) is 11.4. The highest BCUT2D eigenvalue weighted by Crippen LogP contribution is 2.36. The molecule has 0 bridgehead atoms. The van der Waals surface area contributed by atoms with E-state index >= 15 is 0 Å². The number of hydrogen-bond donors (Lipinski definition) is 1. The number of halogens is 3. The maximum absolute atomic E-state index is 13.7. The molecule has 2 aliphatic rings. The van der Waals surface area contributed by atoms with Gasteiger partial charge >= 0.3 is 12.1 Å². The Morgan fingerprint density at radius 3 is 2.41 bits per heavy atom. The first-order chi connectivity index (χ1) is 16.2. The van der Waals surface area contributed by atoms with Gasteiger partial charge in [0.15, 0.2) is 5.69 Å². The van der Waals surface area contributed by atoms with Gasteiger partial charge in [-0.25, -0.2) is 0 Å². The molecule has 1 amide bonds. The summed E-state index contributed by atoms with van der Waals surface area (Å²) in [4.78, 5) is 25.7. The minimum atomic E-state index is -4.57. The Morgan fingerprint density at radius 2 is 1.82 bits per heavy atom. The number of ether oxygens (including phenoxy) is 1. The Balaban J connectivity index is 1.49. The van der Waals surface area contributed by atoms with E-state index < -0.39 is 17.8 Å². The predicted molar refractivity (Wildman–Crippen MR) is 116 cm³/mol. The van der Waals surface area contributed by atoms with Crippen molar-refractivity contribution >= 4 is 11.9 Å². The zero-order chi connectivity index (χ0) is 24.5. The van der Waals surface area contributed by atoms with Gasteiger partial charge in [-0.2, -0.15) is 18.3 Å². The molecular formula is C24H28F3N3O4. The summed E-state index contributed by atoms with van der Waals surface area (Å²) in [5, 5.41) is 13.1. The standard InChI is InChI=1S/C24H28F3N3O4/c1-34-18-8-4-16(5-9-18)13-30-20-14-29(11-10-19(20)22(28-30)24(25,26)27)21(31)12-15-2-6-17(7-3-15)23(32)33/h4-5,8-9,15,17H,2-3,6-7,10-14H2,1H3,(H,32,33). The molecule has 1 fully saturated rings. The first kappa shape index (κ1) is 24.1. The maximum Gasteiger partial charge on any atom is 0.435 e. The molecule has 7 nitrogen and oxygen atoms in total. The van der Waals surface area contributed by atoms with Crippen LogP contribution in [0.2, 0.25) is 0 Å². The van der Waals surface area contributed by atoms with Crippen LogP contribution in [-0.2, 0) is 35.3 Å². The molecular weight excluding hydrogens is 451 g/mol. The van der Waals surface area contributed by atoms with Gasteiger partial charge in [0.05, 0.1) is 31.8 Å². The van der Waals surface area contributed by atoms with E-state index in [2.05, 4.69) is 5.10 Å². The number of carboxylic acids is 1. The second-order valence-corrected chi connectivity index (χ2v) is 9.10. The lowest BCUT2D eigenvalue weighted by atomic mass is 9.80. The molecule has 1 aromatic carbocycles. The normalized spacial score (nSPS) is 20.6. The number of alkyl halides is 3. The summed E-state index contributed by atoms with van der Waals surface area (Å²) in [6.07, 6.45) is -1.71. The van der Waals surface area contributed by atoms with E-state index in [0.717, 1.165) is 5.56 Å². The number of carboxylic acid groups (broad SMARTS) is 1. The number of benzene rings is 1. The molecule has 1 N–H and O–H groups in total. The molecule has 1 saturated carbocycles. The van der Waals surface area contributed by atoms with Crippen LogP contribution in [0.15, 0.2) is 24.3 Å². The fraction of sp³-hybridized carbons (Fsp3) is 0.542. The molecule has 0 atom stereocenters. The largest absolute Gasteiger partial charge is 0.497 e. The Kier molecular flexibility index (Phi) is 6.86. The van der Waals surface area contributed by atoms with Gasteiger partial charge in [-0.15, -0.1) is 0 Å². The zero-order valence-electron chi connectivity index (χ0n) is 19.0. The summed E-state index contributed by atoms with van der Waals surface area (Å²) in [6, 6.07) is 7.04. The molecule has 1 aliphatic heterocycles. The van der Waals surface area contributed by atoms with E-state index in [9.17, 15) is 22.8 Å². The number of amides is 1. The third-order valence-electron chi connectivity index (χ3n) is 6.91. The summed E-state index contributed by atoms with van der Waals surface area (Å²) in [5.41, 5.74) is 0.470. The lowest BCUT2D eigenvalue weighted by Crippen LogP contribution is -2.38. The minimum absolute atomic E-state index is 0.0812. The molecule has 2 aromatic rings. The highest BCUT2D eigenvalue weighted by atomic mass is 19.4. The van der Waals surface area contributed by atoms with Gasteiger partial charge in [-0.1, -0.05) is 12.1 Å². The maximum atomic E-state index is 13.7. The van der Waals surface area contributed by atoms with Crippen molar-refractivity contribution < 1.29 is 32.6 Å². The Hall–Kier alpha value is -3.04. The van der Waals surface area contributed by atoms with E-state index in [1.54, 1.807) is 29.2 Å². The molecule has 10 heteroatoms. The summed E-state index contributed by atoms with van der Waals surface area (Å²) in [6.45, 7) is 0.453. The highest BCUT2D eigenvalue weighted by molar-refractivity contribution is 5.77. The monoisotopic (exact) mass is 479 g/mol. The summed E-state index contributed by atoms with van der Waals surface area (Å²) < 4.78 is 47.5. The quantitative estimate of drug-likeness (QED) is 0.674. The SMILES string of the molecule is COc1ccc(Cn2nc(C(F)(F)F)c3c2CN(C(=O)CC2CCC(C(=O)O)CC2)CC3)cc1. The average Bonchev–Trinajstić information content (AvgIpc) is 3.18. The number of rotatable bonds is 6. The molecule has 1 aliphatic carbocycles. The van der Waals surface area contributed by atoms with Crippen LogP contribution >= 0.6 is 0 Å². The molecule has 0 spiro atoms. The lowest BCUT2D eigenvalue weighted by molar-refractivity contribution is -0.143. The van der Waals surface area contributed by atoms with Crippen molar-refractivity contribution in [1.82, 2.24) is 14.7 Å². The lowest BCUT2D eigenvalue weighted by Gasteiger charge is -2.31. The van der Waals surface area contributed by atoms with E-state index in [1.807, 2.05) is 0 Å². The van der Waals surface area contributed by atoms with Crippen molar-refractivity contribution in [3.63, 3.8) is 0 Å². The van der Waals surface area contributed by atoms with Crippen molar-refractivity contribution in [2.75, 3.05) is 13.7 Å². The molecule has 2 heterocycles. The van der Waals surface area contributed by atoms with Gasteiger partial charge in [0, 0.05) is 18.5 Å². The molecule has 1 aromatic heterocycles. The number of fused-ring (bicyclic) bond motifs is 1. The topological polar surface area (TPSA) is 84.7 Å². The van der Waals surface area contributed by atoms with Crippen LogP contribution < -0.4 is 4.74 Å². The van der Waals surface area contributed by atoms with Crippen LogP contribution in [-0.4, -0.2) is 45.3 Å². The molecule has 34 heavy (non-hydrogen) atoms. The smallest absolute Gasteiger partial charge is 0.435 e. The fourth-order valence-corrected chi connectivity index (χ4v) is 4.95. The van der Waals surface area contributed by atoms with Crippen LogP contribution in [0.3, 0.4) is 0 Å². The van der Waals surface area contributed by atoms with Crippen molar-refractivity contribution in [1.29, 1.82) is 0 Å². The molecule has 4 rings (SSSR count). The van der Waals surface area contributed by atoms with Crippen LogP contribution in [0.25, 0.3) is 0 Å². The van der Waals surface area contributed by atoms with E-state index in [1.165, 1.54) is 11.8 Å². The van der Waals surface area contributed by atoms with Gasteiger partial charge < -0.3 is 14.7 Å². The van der Waals surface area contributed by atoms with E-state index in [4.69, 9.17) is 9.84 Å². The third kappa shape index (κ3) is 5.20.